The van der Waals surface area contributed by atoms with E-state index in [1.807, 2.05) is 36.0 Å². The molecule has 1 atom stereocenters. The van der Waals surface area contributed by atoms with E-state index < -0.39 is 5.97 Å². The highest BCUT2D eigenvalue weighted by Crippen LogP contribution is 2.41. The van der Waals surface area contributed by atoms with Crippen LogP contribution >= 0.6 is 11.8 Å². The first-order valence-corrected chi connectivity index (χ1v) is 25.1. The largest absolute Gasteiger partial charge is 0.493 e. The Hall–Kier alpha value is -4.32. The molecule has 10 nitrogen and oxygen atoms in total. The zero-order valence-corrected chi connectivity index (χ0v) is 39.3. The first-order chi connectivity index (χ1) is 31.4. The fourth-order valence-corrected chi connectivity index (χ4v) is 10.3. The molecular weight excluding hydrogens is 823 g/mol. The molecule has 3 aromatic rings. The second kappa shape index (κ2) is 27.2. The number of anilines is 1. The number of unbranched alkanes of at least 4 members (excludes halogenated alkanes) is 3. The van der Waals surface area contributed by atoms with E-state index in [0.29, 0.717) is 63.7 Å². The Morgan fingerprint density at radius 3 is 2.23 bits per heavy atom. The van der Waals surface area contributed by atoms with Crippen LogP contribution in [0.5, 0.6) is 11.5 Å². The number of hydrogen-bond donors (Lipinski definition) is 1. The molecule has 0 spiro atoms. The van der Waals surface area contributed by atoms with Crippen LogP contribution in [-0.4, -0.2) is 81.3 Å². The van der Waals surface area contributed by atoms with E-state index in [9.17, 15) is 9.59 Å². The number of esters is 1. The van der Waals surface area contributed by atoms with Crippen molar-refractivity contribution in [3.63, 3.8) is 0 Å². The molecule has 0 bridgehead atoms. The lowest BCUT2D eigenvalue weighted by atomic mass is 9.76. The van der Waals surface area contributed by atoms with Gasteiger partial charge in [0.1, 0.15) is 30.5 Å². The highest BCUT2D eigenvalue weighted by Gasteiger charge is 2.29. The van der Waals surface area contributed by atoms with Crippen molar-refractivity contribution in [3.8, 4) is 11.5 Å². The van der Waals surface area contributed by atoms with Gasteiger partial charge in [-0.15, -0.1) is 0 Å². The number of thioether (sulfide) groups is 1. The van der Waals surface area contributed by atoms with Crippen molar-refractivity contribution in [2.45, 2.75) is 126 Å². The summed E-state index contributed by atoms with van der Waals surface area (Å²) in [5.41, 5.74) is 4.84. The summed E-state index contributed by atoms with van der Waals surface area (Å²) in [7, 11) is 0. The van der Waals surface area contributed by atoms with Gasteiger partial charge in [-0.2, -0.15) is 5.10 Å². The van der Waals surface area contributed by atoms with Crippen LogP contribution in [0.15, 0.2) is 89.4 Å². The molecule has 0 aromatic heterocycles. The van der Waals surface area contributed by atoms with E-state index in [1.165, 1.54) is 79.5 Å². The van der Waals surface area contributed by atoms with E-state index in [2.05, 4.69) is 79.4 Å². The fourth-order valence-electron chi connectivity index (χ4n) is 9.19. The van der Waals surface area contributed by atoms with Crippen molar-refractivity contribution in [1.82, 2.24) is 5.01 Å². The van der Waals surface area contributed by atoms with Gasteiger partial charge >= 0.3 is 5.97 Å². The number of hydrogen-bond acceptors (Lipinski definition) is 11. The van der Waals surface area contributed by atoms with Gasteiger partial charge in [-0.1, -0.05) is 94.6 Å². The third kappa shape index (κ3) is 16.0. The number of ether oxygens (including phenoxy) is 5. The molecule has 3 aliphatic rings. The van der Waals surface area contributed by atoms with E-state index >= 15 is 0 Å². The number of carbonyl (C=O) groups is 2. The number of hydrazone groups is 1. The third-order valence-corrected chi connectivity index (χ3v) is 14.1. The van der Waals surface area contributed by atoms with Gasteiger partial charge in [0.25, 0.3) is 0 Å². The number of fused-ring (bicyclic) bond motifs is 1. The van der Waals surface area contributed by atoms with E-state index in [0.717, 1.165) is 67.7 Å². The molecule has 64 heavy (non-hydrogen) atoms. The summed E-state index contributed by atoms with van der Waals surface area (Å²) in [6.07, 6.45) is 20.0. The van der Waals surface area contributed by atoms with Crippen LogP contribution in [0.25, 0.3) is 0 Å². The second-order valence-corrected chi connectivity index (χ2v) is 18.8. The maximum atomic E-state index is 13.4. The number of Topliss-reactive ketones (excluding diaryl/α,β-unsaturated/α-hetero) is 1. The summed E-state index contributed by atoms with van der Waals surface area (Å²) in [6.45, 7) is 11.7. The number of para-hydroxylation sites is 1. The molecule has 2 saturated carbocycles. The zero-order valence-electron chi connectivity index (χ0n) is 38.5. The first kappa shape index (κ1) is 49.1. The summed E-state index contributed by atoms with van der Waals surface area (Å²) in [5.74, 6) is 3.44. The zero-order chi connectivity index (χ0) is 44.8. The number of carbonyl (C=O) groups excluding carboxylic acids is 2. The van der Waals surface area contributed by atoms with Crippen molar-refractivity contribution >= 4 is 35.4 Å². The Labute approximate surface area is 387 Å². The van der Waals surface area contributed by atoms with Crippen LogP contribution in [0.2, 0.25) is 0 Å². The highest BCUT2D eigenvalue weighted by atomic mass is 32.2. The van der Waals surface area contributed by atoms with Gasteiger partial charge in [0, 0.05) is 35.4 Å². The maximum absolute atomic E-state index is 13.4. The lowest BCUT2D eigenvalue weighted by Crippen LogP contribution is -2.33. The van der Waals surface area contributed by atoms with Crippen molar-refractivity contribution in [2.75, 3.05) is 58.1 Å². The molecule has 348 valence electrons. The normalized spacial score (nSPS) is 20.6. The molecular formula is C53H73N3O7S. The second-order valence-electron chi connectivity index (χ2n) is 17.6. The van der Waals surface area contributed by atoms with Gasteiger partial charge in [-0.25, -0.2) is 4.79 Å². The van der Waals surface area contributed by atoms with Crippen LogP contribution in [0.3, 0.4) is 0 Å². The minimum Gasteiger partial charge on any atom is -0.493 e. The van der Waals surface area contributed by atoms with Gasteiger partial charge < -0.3 is 29.0 Å². The number of ketones is 1. The Bertz CT molecular complexity index is 1870. The lowest BCUT2D eigenvalue weighted by molar-refractivity contribution is -0.139. The predicted molar refractivity (Wildman–Crippen MR) is 259 cm³/mol. The lowest BCUT2D eigenvalue weighted by Gasteiger charge is -2.30. The number of nitrogens with zero attached hydrogens (tertiary/aromatic N) is 2. The van der Waals surface area contributed by atoms with Crippen LogP contribution in [0.1, 0.15) is 126 Å². The van der Waals surface area contributed by atoms with E-state index in [4.69, 9.17) is 28.8 Å². The molecule has 11 heteroatoms. The summed E-state index contributed by atoms with van der Waals surface area (Å²) in [4.78, 5) is 25.7. The topological polar surface area (TPSA) is 108 Å². The molecule has 1 heterocycles. The molecule has 2 aliphatic carbocycles. The molecule has 3 aromatic carbocycles. The molecule has 1 aliphatic heterocycles. The van der Waals surface area contributed by atoms with Gasteiger partial charge in [0.05, 0.1) is 44.9 Å². The van der Waals surface area contributed by atoms with Crippen LogP contribution in [0.4, 0.5) is 5.69 Å². The van der Waals surface area contributed by atoms with Crippen LogP contribution in [0, 0.1) is 17.8 Å². The van der Waals surface area contributed by atoms with Crippen molar-refractivity contribution in [1.29, 1.82) is 0 Å². The maximum Gasteiger partial charge on any atom is 0.330 e. The Morgan fingerprint density at radius 2 is 1.50 bits per heavy atom. The SMILES string of the molecule is C=CC(=O)OCCOCCOCCOc1ccc(CC(=O)C2CCC(COc3ccc(C4CCC(CCC)CC4)c(/C=N/N(CCCCCC)C4Nc5ccccc5S4)c3)CC2)cc1. The Balaban J connectivity index is 0.964. The van der Waals surface area contributed by atoms with Gasteiger partial charge in [0.2, 0.25) is 0 Å². The molecule has 1 unspecified atom stereocenters. The Kier molecular flexibility index (Phi) is 20.9. The summed E-state index contributed by atoms with van der Waals surface area (Å²) < 4.78 is 28.2. The highest BCUT2D eigenvalue weighted by molar-refractivity contribution is 8.00. The standard InChI is InChI=1S/C53H73N3O7S/c1-4-7-8-11-29-56(53-55-49-13-9-10-14-51(49)64-53)54-38-45-37-47(27-28-48(45)43-21-15-40(12-5-2)16-22-43)63-39-42-17-23-44(24-18-42)50(57)36-41-19-25-46(26-20-41)61-34-32-59-30-31-60-33-35-62-52(58)6-3/h6,9-10,13-14,19-20,25-28,37-38,40,42-44,53,55H,3-5,7-8,11-12,15-18,21-24,29-36,39H2,1-2H3/b54-38+. The minimum atomic E-state index is -0.460. The van der Waals surface area contributed by atoms with Crippen molar-refractivity contribution < 1.29 is 33.3 Å². The molecule has 2 fully saturated rings. The predicted octanol–water partition coefficient (Wildman–Crippen LogP) is 11.6. The molecule has 0 saturated heterocycles. The van der Waals surface area contributed by atoms with Gasteiger partial charge in [-0.05, 0) is 123 Å². The van der Waals surface area contributed by atoms with Crippen molar-refractivity contribution in [2.24, 2.45) is 22.9 Å². The monoisotopic (exact) mass is 896 g/mol. The molecule has 1 N–H and O–H groups in total. The van der Waals surface area contributed by atoms with Crippen LogP contribution < -0.4 is 14.8 Å². The minimum absolute atomic E-state index is 0.0655. The van der Waals surface area contributed by atoms with Crippen LogP contribution in [-0.2, 0) is 30.2 Å². The first-order valence-electron chi connectivity index (χ1n) is 24.2. The average Bonchev–Trinajstić information content (AvgIpc) is 3.76. The molecule has 0 radical (unpaired) electrons. The van der Waals surface area contributed by atoms with E-state index in [1.54, 1.807) is 0 Å². The quantitative estimate of drug-likeness (QED) is 0.0249. The van der Waals surface area contributed by atoms with Gasteiger partial charge in [0.15, 0.2) is 5.50 Å². The smallest absolute Gasteiger partial charge is 0.330 e. The van der Waals surface area contributed by atoms with Crippen molar-refractivity contribution in [3.05, 3.63) is 96.1 Å². The van der Waals surface area contributed by atoms with E-state index in [-0.39, 0.29) is 18.0 Å². The summed E-state index contributed by atoms with van der Waals surface area (Å²) in [6, 6.07) is 23.1. The Morgan fingerprint density at radius 1 is 0.781 bits per heavy atom. The number of benzene rings is 3. The number of rotatable bonds is 28. The third-order valence-electron chi connectivity index (χ3n) is 12.9. The fraction of sp³-hybridized carbons (Fsp3) is 0.566. The number of nitrogens with one attached hydrogen (secondary N) is 1. The molecule has 6 rings (SSSR count). The van der Waals surface area contributed by atoms with Gasteiger partial charge in [-0.3, -0.25) is 9.80 Å². The summed E-state index contributed by atoms with van der Waals surface area (Å²) in [5, 5.41) is 11.2. The average molecular weight is 896 g/mol. The molecule has 0 amide bonds. The summed E-state index contributed by atoms with van der Waals surface area (Å²) >= 11 is 1.85.